The van der Waals surface area contributed by atoms with E-state index in [2.05, 4.69) is 297 Å². The van der Waals surface area contributed by atoms with Gasteiger partial charge in [0.1, 0.15) is 11.4 Å². The lowest BCUT2D eigenvalue weighted by atomic mass is 9.93. The third-order valence-corrected chi connectivity index (χ3v) is 16.6. The van der Waals surface area contributed by atoms with E-state index in [0.717, 1.165) is 149 Å². The van der Waals surface area contributed by atoms with Crippen LogP contribution in [0.1, 0.15) is 0 Å². The van der Waals surface area contributed by atoms with Gasteiger partial charge in [0.15, 0.2) is 17.5 Å². The van der Waals surface area contributed by atoms with Crippen LogP contribution >= 0.6 is 0 Å². The van der Waals surface area contributed by atoms with Gasteiger partial charge in [0.25, 0.3) is 0 Å². The van der Waals surface area contributed by atoms with Crippen LogP contribution in [0.3, 0.4) is 0 Å². The van der Waals surface area contributed by atoms with Gasteiger partial charge >= 0.3 is 0 Å². The number of benzene rings is 11. The minimum absolute atomic E-state index is 0.642. The molecule has 0 unspecified atom stereocenters. The topological polar surface area (TPSA) is 58.4 Å². The van der Waals surface area contributed by atoms with Crippen molar-refractivity contribution in [3.8, 4) is 68.0 Å². The zero-order valence-electron chi connectivity index (χ0n) is 44.3. The van der Waals surface area contributed by atoms with Crippen LogP contribution in [0, 0.1) is 0 Å². The van der Waals surface area contributed by atoms with E-state index >= 15 is 0 Å². The average Bonchev–Trinajstić information content (AvgIpc) is 1.84. The second kappa shape index (κ2) is 18.2. The van der Waals surface area contributed by atoms with Crippen molar-refractivity contribution in [1.29, 1.82) is 0 Å². The van der Waals surface area contributed by atoms with Crippen LogP contribution in [-0.4, -0.2) is 33.2 Å². The first-order valence-corrected chi connectivity index (χ1v) is 27.9. The molecule has 0 amide bonds. The van der Waals surface area contributed by atoms with Crippen LogP contribution in [0.2, 0.25) is 0 Å². The molecule has 82 heavy (non-hydrogen) atoms. The molecule has 7 heteroatoms. The molecular weight excluding hydrogens is 999 g/mol. The summed E-state index contributed by atoms with van der Waals surface area (Å²) < 4.78 is 9.85. The summed E-state index contributed by atoms with van der Waals surface area (Å²) in [7, 11) is 0. The zero-order chi connectivity index (χ0) is 53.8. The molecule has 0 aliphatic carbocycles. The number of hydrogen-bond donors (Lipinski definition) is 0. The highest BCUT2D eigenvalue weighted by molar-refractivity contribution is 6.16. The fourth-order valence-corrected chi connectivity index (χ4v) is 13.1. The molecule has 17 aromatic rings. The number of rotatable bonds is 8. The van der Waals surface area contributed by atoms with Crippen molar-refractivity contribution in [2.24, 2.45) is 0 Å². The molecule has 0 atom stereocenters. The van der Waals surface area contributed by atoms with E-state index in [1.807, 2.05) is 6.07 Å². The number of nitrogens with zero attached hydrogens (tertiary/aromatic N) is 7. The van der Waals surface area contributed by atoms with Gasteiger partial charge < -0.3 is 9.13 Å². The van der Waals surface area contributed by atoms with Gasteiger partial charge in [-0.25, -0.2) is 15.0 Å². The van der Waals surface area contributed by atoms with Crippen LogP contribution in [-0.2, 0) is 0 Å². The van der Waals surface area contributed by atoms with Crippen molar-refractivity contribution >= 4 is 87.2 Å². The van der Waals surface area contributed by atoms with E-state index in [9.17, 15) is 0 Å². The third-order valence-electron chi connectivity index (χ3n) is 16.6. The van der Waals surface area contributed by atoms with E-state index in [1.165, 1.54) is 0 Å². The molecule has 0 saturated carbocycles. The number of pyridine rings is 1. The van der Waals surface area contributed by atoms with Gasteiger partial charge in [-0.2, -0.15) is 0 Å². The van der Waals surface area contributed by atoms with Gasteiger partial charge in [-0.3, -0.25) is 9.13 Å². The SMILES string of the molecule is c1ccc(-c2cc(-c3ccccc3-c3c(-n4c5ccccc5c5ccccc54)c(-n4c5ccccc5c5ccccc54)nc(-n4c5ccccc5c5ccccc54)c3-n3c4ccccc4c4ccccc43)nc(-c3ccccc3)n2)cc1. The van der Waals surface area contributed by atoms with Gasteiger partial charge in [-0.05, 0) is 60.2 Å². The molecule has 0 radical (unpaired) electrons. The Kier molecular flexibility index (Phi) is 10.2. The highest BCUT2D eigenvalue weighted by Crippen LogP contribution is 2.50. The highest BCUT2D eigenvalue weighted by Gasteiger charge is 2.33. The second-order valence-electron chi connectivity index (χ2n) is 21.0. The zero-order valence-corrected chi connectivity index (χ0v) is 44.3. The molecule has 11 aromatic carbocycles. The molecule has 17 rings (SSSR count). The predicted octanol–water partition coefficient (Wildman–Crippen LogP) is 18.9. The molecule has 0 fully saturated rings. The Morgan fingerprint density at radius 1 is 0.220 bits per heavy atom. The first kappa shape index (κ1) is 45.8. The van der Waals surface area contributed by atoms with Gasteiger partial charge in [-0.1, -0.05) is 231 Å². The van der Waals surface area contributed by atoms with E-state index in [0.29, 0.717) is 5.82 Å². The highest BCUT2D eigenvalue weighted by atomic mass is 15.2. The fraction of sp³-hybridized carbons (Fsp3) is 0. The molecule has 0 aliphatic rings. The van der Waals surface area contributed by atoms with Crippen LogP contribution in [0.4, 0.5) is 0 Å². The summed E-state index contributed by atoms with van der Waals surface area (Å²) in [5.74, 6) is 2.18. The molecule has 382 valence electrons. The third kappa shape index (κ3) is 6.80. The minimum atomic E-state index is 0.642. The molecule has 7 nitrogen and oxygen atoms in total. The Labute approximate surface area is 471 Å². The Morgan fingerprint density at radius 3 is 0.866 bits per heavy atom. The standard InChI is InChI=1S/C75H47N7/c1-3-25-48(26-4-1)60-47-61(77-73(76-60)49-27-5-2-6-28-49)50-29-7-8-38-59(50)70-71(79-62-39-17-9-30-51(62)52-31-10-18-40-63(52)79)74(81-66-43-21-13-34-55(66)56-35-14-22-44-67(56)81)78-75(82-68-45-23-15-36-57(68)58-37-16-24-46-69(58)82)72(70)80-64-41-19-11-32-53(64)54-33-12-20-42-65(54)80/h1-47H. The van der Waals surface area contributed by atoms with Gasteiger partial charge in [0, 0.05) is 65.3 Å². The minimum Gasteiger partial charge on any atom is -0.305 e. The van der Waals surface area contributed by atoms with Crippen molar-refractivity contribution in [1.82, 2.24) is 33.2 Å². The monoisotopic (exact) mass is 1050 g/mol. The molecule has 6 aromatic heterocycles. The molecule has 0 saturated heterocycles. The molecule has 0 spiro atoms. The summed E-state index contributed by atoms with van der Waals surface area (Å²) >= 11 is 0. The fourth-order valence-electron chi connectivity index (χ4n) is 13.1. The van der Waals surface area contributed by atoms with E-state index in [1.54, 1.807) is 0 Å². The first-order valence-electron chi connectivity index (χ1n) is 27.9. The van der Waals surface area contributed by atoms with Gasteiger partial charge in [0.05, 0.1) is 55.5 Å². The number of hydrogen-bond acceptors (Lipinski definition) is 3. The molecule has 0 bridgehead atoms. The summed E-state index contributed by atoms with van der Waals surface area (Å²) in [6.45, 7) is 0. The Hall–Kier alpha value is -11.2. The van der Waals surface area contributed by atoms with E-state index < -0.39 is 0 Å². The van der Waals surface area contributed by atoms with Crippen LogP contribution in [0.25, 0.3) is 155 Å². The lowest BCUT2D eigenvalue weighted by molar-refractivity contribution is 0.961. The van der Waals surface area contributed by atoms with Crippen molar-refractivity contribution < 1.29 is 0 Å². The summed E-state index contributed by atoms with van der Waals surface area (Å²) in [6, 6.07) is 102. The maximum Gasteiger partial charge on any atom is 0.165 e. The van der Waals surface area contributed by atoms with Gasteiger partial charge in [0.2, 0.25) is 0 Å². The van der Waals surface area contributed by atoms with Crippen LogP contribution in [0.15, 0.2) is 285 Å². The van der Waals surface area contributed by atoms with Crippen molar-refractivity contribution in [3.05, 3.63) is 285 Å². The van der Waals surface area contributed by atoms with Crippen LogP contribution < -0.4 is 0 Å². The first-order chi connectivity index (χ1) is 40.7. The Morgan fingerprint density at radius 2 is 0.500 bits per heavy atom. The second-order valence-corrected chi connectivity index (χ2v) is 21.0. The molecular formula is C75H47N7. The Balaban J connectivity index is 1.17. The van der Waals surface area contributed by atoms with E-state index in [-0.39, 0.29) is 0 Å². The number of aromatic nitrogens is 7. The van der Waals surface area contributed by atoms with Gasteiger partial charge in [-0.15, -0.1) is 0 Å². The van der Waals surface area contributed by atoms with Crippen molar-refractivity contribution in [3.63, 3.8) is 0 Å². The predicted molar refractivity (Wildman–Crippen MR) is 339 cm³/mol. The lowest BCUT2D eigenvalue weighted by Crippen LogP contribution is -2.16. The lowest BCUT2D eigenvalue weighted by Gasteiger charge is -2.27. The number of para-hydroxylation sites is 8. The van der Waals surface area contributed by atoms with Crippen LogP contribution in [0.5, 0.6) is 0 Å². The Bertz CT molecular complexity index is 4890. The molecule has 0 N–H and O–H groups in total. The summed E-state index contributed by atoms with van der Waals surface area (Å²) in [5, 5.41) is 9.14. The maximum atomic E-state index is 6.45. The smallest absolute Gasteiger partial charge is 0.165 e. The maximum absolute atomic E-state index is 6.45. The quantitative estimate of drug-likeness (QED) is 0.152. The summed E-state index contributed by atoms with van der Waals surface area (Å²) in [4.78, 5) is 17.4. The largest absolute Gasteiger partial charge is 0.305 e. The summed E-state index contributed by atoms with van der Waals surface area (Å²) in [6.07, 6.45) is 0. The average molecular weight is 1050 g/mol. The summed E-state index contributed by atoms with van der Waals surface area (Å²) in [5.41, 5.74) is 16.7. The normalized spacial score (nSPS) is 11.9. The van der Waals surface area contributed by atoms with Crippen molar-refractivity contribution in [2.75, 3.05) is 0 Å². The molecule has 0 aliphatic heterocycles. The van der Waals surface area contributed by atoms with E-state index in [4.69, 9.17) is 15.0 Å². The van der Waals surface area contributed by atoms with Crippen molar-refractivity contribution in [2.45, 2.75) is 0 Å². The number of fused-ring (bicyclic) bond motifs is 12. The molecule has 6 heterocycles.